The molecule has 2 amide bonds. The molecular weight excluding hydrogens is 388 g/mol. The fourth-order valence-electron chi connectivity index (χ4n) is 4.77. The van der Waals surface area contributed by atoms with Crippen LogP contribution in [-0.2, 0) is 20.9 Å². The number of likely N-dealkylation sites (N-methyl/N-ethyl adjacent to an activating group) is 1. The third kappa shape index (κ3) is 2.76. The molecule has 29 heavy (non-hydrogen) atoms. The molecule has 0 radical (unpaired) electrons. The molecule has 0 aromatic carbocycles. The lowest BCUT2D eigenvalue weighted by Crippen LogP contribution is -2.69. The average Bonchev–Trinajstić information content (AvgIpc) is 3.22. The van der Waals surface area contributed by atoms with Crippen molar-refractivity contribution in [3.63, 3.8) is 0 Å². The van der Waals surface area contributed by atoms with Crippen molar-refractivity contribution in [3.8, 4) is 0 Å². The van der Waals surface area contributed by atoms with Crippen molar-refractivity contribution in [2.45, 2.75) is 50.1 Å². The van der Waals surface area contributed by atoms with Gasteiger partial charge in [-0.25, -0.2) is 13.6 Å². The van der Waals surface area contributed by atoms with E-state index in [9.17, 15) is 28.0 Å². The van der Waals surface area contributed by atoms with Crippen LogP contribution in [0.4, 0.5) is 8.78 Å². The molecule has 0 bridgehead atoms. The number of nitrogens with one attached hydrogen (secondary N) is 2. The first kappa shape index (κ1) is 19.5. The molecule has 2 aliphatic carbocycles. The summed E-state index contributed by atoms with van der Waals surface area (Å²) in [5.74, 6) is -6.15. The van der Waals surface area contributed by atoms with Crippen LogP contribution < -0.4 is 10.6 Å². The molecule has 2 fully saturated rings. The molecule has 8 nitrogen and oxygen atoms in total. The number of fused-ring (bicyclic) bond motifs is 3. The van der Waals surface area contributed by atoms with E-state index in [1.54, 1.807) is 11.5 Å². The number of carbonyl (C=O) groups is 4. The molecule has 0 saturated heterocycles. The van der Waals surface area contributed by atoms with Gasteiger partial charge in [-0.15, -0.1) is 0 Å². The van der Waals surface area contributed by atoms with Crippen LogP contribution in [0.25, 0.3) is 0 Å². The minimum atomic E-state index is -3.09. The van der Waals surface area contributed by atoms with Crippen LogP contribution in [0.15, 0.2) is 0 Å². The number of hydrogen-bond acceptors (Lipinski definition) is 5. The number of ether oxygens (including phenoxy) is 1. The highest BCUT2D eigenvalue weighted by Crippen LogP contribution is 2.56. The second kappa shape index (κ2) is 6.11. The average molecular weight is 409 g/mol. The molecule has 1 aliphatic heterocycles. The summed E-state index contributed by atoms with van der Waals surface area (Å²) >= 11 is 0. The SMILES string of the molecule is CNC(=O)C1(NC(=O)C(=O)c2c(C)c(C(=O)OC)n3c2[C@@H]2C[C@@H]2C3)CC(F)(F)C1. The highest BCUT2D eigenvalue weighted by molar-refractivity contribution is 6.44. The lowest BCUT2D eigenvalue weighted by Gasteiger charge is -2.45. The van der Waals surface area contributed by atoms with E-state index in [2.05, 4.69) is 10.6 Å². The molecule has 2 atom stereocenters. The molecule has 3 aliphatic rings. The predicted molar refractivity (Wildman–Crippen MR) is 94.8 cm³/mol. The van der Waals surface area contributed by atoms with Gasteiger partial charge in [-0.3, -0.25) is 14.4 Å². The number of esters is 1. The Labute approximate surface area is 164 Å². The quantitative estimate of drug-likeness (QED) is 0.427. The summed E-state index contributed by atoms with van der Waals surface area (Å²) in [4.78, 5) is 50.0. The Bertz CT molecular complexity index is 960. The topological polar surface area (TPSA) is 106 Å². The number of alkyl halides is 2. The summed E-state index contributed by atoms with van der Waals surface area (Å²) in [7, 11) is 2.50. The molecule has 0 unspecified atom stereocenters. The maximum atomic E-state index is 13.5. The summed E-state index contributed by atoms with van der Waals surface area (Å²) in [5, 5.41) is 4.49. The molecule has 2 heterocycles. The predicted octanol–water partition coefficient (Wildman–Crippen LogP) is 0.913. The van der Waals surface area contributed by atoms with E-state index < -0.39 is 47.9 Å². The molecule has 1 aromatic heterocycles. The minimum Gasteiger partial charge on any atom is -0.464 e. The number of methoxy groups -OCH3 is 1. The fraction of sp³-hybridized carbons (Fsp3) is 0.579. The van der Waals surface area contributed by atoms with Gasteiger partial charge in [0.15, 0.2) is 0 Å². The Morgan fingerprint density at radius 1 is 1.21 bits per heavy atom. The molecule has 4 rings (SSSR count). The third-order valence-electron chi connectivity index (χ3n) is 6.19. The van der Waals surface area contributed by atoms with E-state index in [4.69, 9.17) is 4.74 Å². The van der Waals surface area contributed by atoms with Crippen LogP contribution >= 0.6 is 0 Å². The van der Waals surface area contributed by atoms with Gasteiger partial charge in [0.05, 0.1) is 12.7 Å². The van der Waals surface area contributed by atoms with E-state index in [0.717, 1.165) is 6.42 Å². The van der Waals surface area contributed by atoms with Crippen molar-refractivity contribution < 1.29 is 32.7 Å². The Morgan fingerprint density at radius 2 is 1.86 bits per heavy atom. The zero-order valence-electron chi connectivity index (χ0n) is 16.2. The summed E-state index contributed by atoms with van der Waals surface area (Å²) in [6, 6.07) is 0. The molecule has 0 spiro atoms. The lowest BCUT2D eigenvalue weighted by molar-refractivity contribution is -0.164. The van der Waals surface area contributed by atoms with Gasteiger partial charge in [0.1, 0.15) is 11.2 Å². The summed E-state index contributed by atoms with van der Waals surface area (Å²) in [6.07, 6.45) is -0.881. The Kier molecular flexibility index (Phi) is 4.11. The summed E-state index contributed by atoms with van der Waals surface area (Å²) in [5.41, 5.74) is -0.561. The van der Waals surface area contributed by atoms with E-state index in [1.807, 2.05) is 0 Å². The van der Waals surface area contributed by atoms with Crippen LogP contribution in [-0.4, -0.2) is 53.8 Å². The molecule has 10 heteroatoms. The summed E-state index contributed by atoms with van der Waals surface area (Å²) in [6.45, 7) is 2.12. The van der Waals surface area contributed by atoms with Gasteiger partial charge in [0, 0.05) is 38.0 Å². The van der Waals surface area contributed by atoms with Crippen molar-refractivity contribution in [2.24, 2.45) is 5.92 Å². The molecular formula is C19H21F2N3O5. The number of amides is 2. The zero-order chi connectivity index (χ0) is 21.3. The first-order chi connectivity index (χ1) is 13.5. The minimum absolute atomic E-state index is 0.0831. The summed E-state index contributed by atoms with van der Waals surface area (Å²) < 4.78 is 33.5. The van der Waals surface area contributed by atoms with E-state index in [1.165, 1.54) is 14.2 Å². The molecule has 156 valence electrons. The van der Waals surface area contributed by atoms with Gasteiger partial charge in [0.25, 0.3) is 17.6 Å². The standard InChI is InChI=1S/C19H21F2N3O5/c1-8-11(13-10-4-9(10)5-24(13)12(8)16(27)29-3)14(25)15(26)23-18(17(28)22-2)6-19(20,21)7-18/h9-10H,4-7H2,1-3H3,(H,22,28)(H,23,26)/t9-,10-/m1/s1. The highest BCUT2D eigenvalue weighted by Gasteiger charge is 2.62. The van der Waals surface area contributed by atoms with Crippen LogP contribution in [0.2, 0.25) is 0 Å². The van der Waals surface area contributed by atoms with Gasteiger partial charge >= 0.3 is 5.97 Å². The molecule has 2 N–H and O–H groups in total. The van der Waals surface area contributed by atoms with Crippen molar-refractivity contribution >= 4 is 23.6 Å². The molecule has 1 aromatic rings. The zero-order valence-corrected chi connectivity index (χ0v) is 16.2. The highest BCUT2D eigenvalue weighted by atomic mass is 19.3. The Balaban J connectivity index is 1.66. The number of rotatable bonds is 5. The van der Waals surface area contributed by atoms with Crippen molar-refractivity contribution in [2.75, 3.05) is 14.2 Å². The van der Waals surface area contributed by atoms with Crippen molar-refractivity contribution in [3.05, 3.63) is 22.5 Å². The number of hydrogen-bond donors (Lipinski definition) is 2. The maximum Gasteiger partial charge on any atom is 0.354 e. The van der Waals surface area contributed by atoms with Gasteiger partial charge < -0.3 is 19.9 Å². The number of aromatic nitrogens is 1. The molecule has 2 saturated carbocycles. The fourth-order valence-corrected chi connectivity index (χ4v) is 4.77. The monoisotopic (exact) mass is 409 g/mol. The van der Waals surface area contributed by atoms with Crippen molar-refractivity contribution in [1.29, 1.82) is 0 Å². The number of Topliss-reactive ketones (excluding diaryl/α,β-unsaturated/α-hetero) is 1. The van der Waals surface area contributed by atoms with Crippen molar-refractivity contribution in [1.82, 2.24) is 15.2 Å². The van der Waals surface area contributed by atoms with Crippen LogP contribution in [0, 0.1) is 12.8 Å². The van der Waals surface area contributed by atoms with Crippen LogP contribution in [0.3, 0.4) is 0 Å². The van der Waals surface area contributed by atoms with Crippen LogP contribution in [0.1, 0.15) is 57.3 Å². The first-order valence-electron chi connectivity index (χ1n) is 9.33. The number of nitrogens with zero attached hydrogens (tertiary/aromatic N) is 1. The largest absolute Gasteiger partial charge is 0.464 e. The van der Waals surface area contributed by atoms with Gasteiger partial charge in [-0.05, 0) is 24.8 Å². The smallest absolute Gasteiger partial charge is 0.354 e. The number of halogens is 2. The number of carbonyl (C=O) groups excluding carboxylic acids is 4. The van der Waals surface area contributed by atoms with Gasteiger partial charge in [-0.1, -0.05) is 0 Å². The Hall–Kier alpha value is -2.78. The maximum absolute atomic E-state index is 13.5. The Morgan fingerprint density at radius 3 is 2.41 bits per heavy atom. The van der Waals surface area contributed by atoms with Gasteiger partial charge in [0.2, 0.25) is 5.91 Å². The first-order valence-corrected chi connectivity index (χ1v) is 9.33. The van der Waals surface area contributed by atoms with Crippen LogP contribution in [0.5, 0.6) is 0 Å². The van der Waals surface area contributed by atoms with Gasteiger partial charge in [-0.2, -0.15) is 0 Å². The normalized spacial score (nSPS) is 24.6. The van der Waals surface area contributed by atoms with E-state index in [-0.39, 0.29) is 17.2 Å². The second-order valence-electron chi connectivity index (χ2n) is 8.09. The third-order valence-corrected chi connectivity index (χ3v) is 6.19. The second-order valence-corrected chi connectivity index (χ2v) is 8.09. The van der Waals surface area contributed by atoms with E-state index >= 15 is 0 Å². The lowest BCUT2D eigenvalue weighted by atomic mass is 9.72. The number of ketones is 1. The van der Waals surface area contributed by atoms with E-state index in [0.29, 0.717) is 23.7 Å².